The van der Waals surface area contributed by atoms with Crippen LogP contribution in [0.4, 0.5) is 4.39 Å². The lowest BCUT2D eigenvalue weighted by Crippen LogP contribution is -2.16. The highest BCUT2D eigenvalue weighted by molar-refractivity contribution is 5.69. The summed E-state index contributed by atoms with van der Waals surface area (Å²) in [4.78, 5) is 0. The fourth-order valence-electron chi connectivity index (χ4n) is 5.11. The van der Waals surface area contributed by atoms with Gasteiger partial charge in [-0.2, -0.15) is 0 Å². The van der Waals surface area contributed by atoms with Crippen molar-refractivity contribution in [1.82, 2.24) is 0 Å². The lowest BCUT2D eigenvalue weighted by molar-refractivity contribution is 0.245. The monoisotopic (exact) mass is 426 g/mol. The first-order chi connectivity index (χ1) is 15.7. The average Bonchev–Trinajstić information content (AvgIpc) is 2.84. The molecule has 0 N–H and O–H groups in total. The van der Waals surface area contributed by atoms with Gasteiger partial charge in [0.15, 0.2) is 0 Å². The van der Waals surface area contributed by atoms with Crippen molar-refractivity contribution in [2.24, 2.45) is 11.8 Å². The molecule has 166 valence electrons. The molecule has 3 aromatic rings. The van der Waals surface area contributed by atoms with Crippen LogP contribution in [0, 0.1) is 17.7 Å². The summed E-state index contributed by atoms with van der Waals surface area (Å²) in [6.45, 7) is 2.39. The van der Waals surface area contributed by atoms with Gasteiger partial charge in [-0.3, -0.25) is 0 Å². The topological polar surface area (TPSA) is 0 Å². The molecule has 1 aliphatic rings. The Morgan fingerprint density at radius 3 is 1.94 bits per heavy atom. The minimum atomic E-state index is -0.193. The van der Waals surface area contributed by atoms with Crippen molar-refractivity contribution >= 4 is 12.2 Å². The summed E-state index contributed by atoms with van der Waals surface area (Å²) in [7, 11) is 0. The van der Waals surface area contributed by atoms with E-state index in [9.17, 15) is 4.39 Å². The van der Waals surface area contributed by atoms with Gasteiger partial charge in [0.05, 0.1) is 0 Å². The Bertz CT molecular complexity index is 961. The summed E-state index contributed by atoms with van der Waals surface area (Å²) in [6, 6.07) is 26.5. The second kappa shape index (κ2) is 11.3. The lowest BCUT2D eigenvalue weighted by Gasteiger charge is -2.30. The minimum Gasteiger partial charge on any atom is -0.207 e. The molecule has 0 spiro atoms. The van der Waals surface area contributed by atoms with Gasteiger partial charge in [-0.25, -0.2) is 4.39 Å². The van der Waals surface area contributed by atoms with E-state index in [0.717, 1.165) is 17.4 Å². The van der Waals surface area contributed by atoms with Gasteiger partial charge in [0.1, 0.15) is 5.82 Å². The van der Waals surface area contributed by atoms with E-state index in [1.165, 1.54) is 73.8 Å². The van der Waals surface area contributed by atoms with Crippen molar-refractivity contribution in [3.63, 3.8) is 0 Å². The van der Waals surface area contributed by atoms with Crippen LogP contribution in [0.3, 0.4) is 0 Å². The van der Waals surface area contributed by atoms with E-state index < -0.39 is 0 Å². The lowest BCUT2D eigenvalue weighted by atomic mass is 9.76. The number of aryl methyl sites for hydroxylation is 1. The van der Waals surface area contributed by atoms with Crippen LogP contribution < -0.4 is 0 Å². The second-order valence-corrected chi connectivity index (χ2v) is 9.60. The van der Waals surface area contributed by atoms with E-state index >= 15 is 0 Å². The molecule has 0 nitrogen and oxygen atoms in total. The Kier molecular flexibility index (Phi) is 7.93. The fraction of sp³-hybridized carbons (Fsp3) is 0.355. The summed E-state index contributed by atoms with van der Waals surface area (Å²) >= 11 is 0. The van der Waals surface area contributed by atoms with E-state index in [4.69, 9.17) is 0 Å². The van der Waals surface area contributed by atoms with Crippen molar-refractivity contribution in [2.75, 3.05) is 0 Å². The molecule has 3 aromatic carbocycles. The van der Waals surface area contributed by atoms with Gasteiger partial charge in [0.2, 0.25) is 0 Å². The first kappa shape index (κ1) is 22.5. The molecule has 0 heterocycles. The van der Waals surface area contributed by atoms with Crippen molar-refractivity contribution in [2.45, 2.75) is 57.8 Å². The SMILES string of the molecule is CC(CC1CCC(CCc2ccc(/C=C/c3ccc(F)cc3)cc2)CC1)c1ccccc1. The number of rotatable bonds is 8. The third kappa shape index (κ3) is 6.66. The van der Waals surface area contributed by atoms with Crippen LogP contribution in [0.25, 0.3) is 12.2 Å². The molecule has 32 heavy (non-hydrogen) atoms. The summed E-state index contributed by atoms with van der Waals surface area (Å²) in [5.41, 5.74) is 5.13. The van der Waals surface area contributed by atoms with E-state index in [1.54, 1.807) is 12.1 Å². The normalized spacial score (nSPS) is 19.8. The van der Waals surface area contributed by atoms with Crippen molar-refractivity contribution in [1.29, 1.82) is 0 Å². The molecule has 4 rings (SSSR count). The first-order valence-electron chi connectivity index (χ1n) is 12.2. The molecule has 1 saturated carbocycles. The zero-order valence-corrected chi connectivity index (χ0v) is 19.2. The quantitative estimate of drug-likeness (QED) is 0.315. The molecule has 0 radical (unpaired) electrons. The second-order valence-electron chi connectivity index (χ2n) is 9.60. The van der Waals surface area contributed by atoms with Crippen molar-refractivity contribution in [3.05, 3.63) is 107 Å². The van der Waals surface area contributed by atoms with Crippen LogP contribution in [-0.4, -0.2) is 0 Å². The number of benzene rings is 3. The van der Waals surface area contributed by atoms with Crippen molar-refractivity contribution < 1.29 is 4.39 Å². The van der Waals surface area contributed by atoms with Gasteiger partial charge < -0.3 is 0 Å². The van der Waals surface area contributed by atoms with E-state index in [1.807, 2.05) is 6.08 Å². The Morgan fingerprint density at radius 2 is 1.31 bits per heavy atom. The van der Waals surface area contributed by atoms with Crippen LogP contribution in [0.5, 0.6) is 0 Å². The van der Waals surface area contributed by atoms with Gasteiger partial charge in [-0.05, 0) is 71.4 Å². The summed E-state index contributed by atoms with van der Waals surface area (Å²) < 4.78 is 13.0. The van der Waals surface area contributed by atoms with Crippen LogP contribution in [0.2, 0.25) is 0 Å². The van der Waals surface area contributed by atoms with E-state index in [2.05, 4.69) is 67.6 Å². The van der Waals surface area contributed by atoms with Gasteiger partial charge in [0.25, 0.3) is 0 Å². The van der Waals surface area contributed by atoms with Crippen LogP contribution in [-0.2, 0) is 6.42 Å². The van der Waals surface area contributed by atoms with Gasteiger partial charge in [-0.1, -0.05) is 111 Å². The maximum absolute atomic E-state index is 13.0. The summed E-state index contributed by atoms with van der Waals surface area (Å²) in [6.07, 6.45) is 13.5. The number of halogens is 1. The molecule has 0 amide bonds. The molecular weight excluding hydrogens is 391 g/mol. The predicted molar refractivity (Wildman–Crippen MR) is 135 cm³/mol. The Labute approximate surface area is 193 Å². The van der Waals surface area contributed by atoms with Crippen molar-refractivity contribution in [3.8, 4) is 0 Å². The highest BCUT2D eigenvalue weighted by Crippen LogP contribution is 2.37. The third-order valence-electron chi connectivity index (χ3n) is 7.18. The minimum absolute atomic E-state index is 0.193. The largest absolute Gasteiger partial charge is 0.207 e. The molecular formula is C31H35F. The number of hydrogen-bond donors (Lipinski definition) is 0. The molecule has 0 saturated heterocycles. The molecule has 1 aliphatic carbocycles. The Morgan fingerprint density at radius 1 is 0.750 bits per heavy atom. The highest BCUT2D eigenvalue weighted by atomic mass is 19.1. The maximum atomic E-state index is 13.0. The third-order valence-corrected chi connectivity index (χ3v) is 7.18. The first-order valence-corrected chi connectivity index (χ1v) is 12.2. The van der Waals surface area contributed by atoms with Gasteiger partial charge in [0, 0.05) is 0 Å². The zero-order valence-electron chi connectivity index (χ0n) is 19.2. The summed E-state index contributed by atoms with van der Waals surface area (Å²) in [5, 5.41) is 0. The van der Waals surface area contributed by atoms with Crippen LogP contribution in [0.1, 0.15) is 73.6 Å². The van der Waals surface area contributed by atoms with Gasteiger partial charge >= 0.3 is 0 Å². The summed E-state index contributed by atoms with van der Waals surface area (Å²) in [5.74, 6) is 2.26. The molecule has 0 bridgehead atoms. The number of hydrogen-bond acceptors (Lipinski definition) is 0. The van der Waals surface area contributed by atoms with Gasteiger partial charge in [-0.15, -0.1) is 0 Å². The molecule has 0 aliphatic heterocycles. The molecule has 0 aromatic heterocycles. The van der Waals surface area contributed by atoms with E-state index in [-0.39, 0.29) is 5.82 Å². The molecule has 1 atom stereocenters. The molecule has 1 unspecified atom stereocenters. The highest BCUT2D eigenvalue weighted by Gasteiger charge is 2.22. The predicted octanol–water partition coefficient (Wildman–Crippen LogP) is 8.93. The zero-order chi connectivity index (χ0) is 22.2. The Balaban J connectivity index is 1.19. The maximum Gasteiger partial charge on any atom is 0.123 e. The van der Waals surface area contributed by atoms with Crippen LogP contribution in [0.15, 0.2) is 78.9 Å². The van der Waals surface area contributed by atoms with Crippen LogP contribution >= 0.6 is 0 Å². The smallest absolute Gasteiger partial charge is 0.123 e. The average molecular weight is 427 g/mol. The van der Waals surface area contributed by atoms with E-state index in [0.29, 0.717) is 5.92 Å². The Hall–Kier alpha value is -2.67. The molecule has 1 fully saturated rings. The fourth-order valence-corrected chi connectivity index (χ4v) is 5.11. The standard InChI is InChI=1S/C31H35F/c1-24(30-5-3-2-4-6-30)23-29-17-15-27(16-18-29)12-11-25-7-9-26(10-8-25)13-14-28-19-21-31(32)22-20-28/h2-10,13-14,19-22,24,27,29H,11-12,15-18,23H2,1H3/b14-13+. The molecule has 1 heteroatoms.